The standard InChI is InChI=1S/C15H19ClN4O/c1-2-3-11(17)9-19-14-6-7-18-15(20-14)12-8-10(16)4-5-13(12)21/h4-8,11,21H,2-3,9,17H2,1H3,(H,18,19,20). The number of anilines is 1. The zero-order valence-electron chi connectivity index (χ0n) is 11.9. The lowest BCUT2D eigenvalue weighted by atomic mass is 10.2. The van der Waals surface area contributed by atoms with Crippen LogP contribution in [0.25, 0.3) is 11.4 Å². The Bertz CT molecular complexity index is 606. The number of aromatic nitrogens is 2. The molecule has 0 saturated heterocycles. The van der Waals surface area contributed by atoms with E-state index in [1.165, 1.54) is 6.07 Å². The number of phenols is 1. The number of nitrogens with one attached hydrogen (secondary N) is 1. The first kappa shape index (κ1) is 15.5. The van der Waals surface area contributed by atoms with Gasteiger partial charge in [0.25, 0.3) is 0 Å². The van der Waals surface area contributed by atoms with Crippen LogP contribution < -0.4 is 11.1 Å². The number of benzene rings is 1. The number of hydrogen-bond acceptors (Lipinski definition) is 5. The van der Waals surface area contributed by atoms with Crippen molar-refractivity contribution in [3.05, 3.63) is 35.5 Å². The predicted octanol–water partition coefficient (Wildman–Crippen LogP) is 3.04. The van der Waals surface area contributed by atoms with Gasteiger partial charge in [-0.15, -0.1) is 0 Å². The summed E-state index contributed by atoms with van der Waals surface area (Å²) in [6.07, 6.45) is 3.64. The minimum atomic E-state index is 0.0907. The molecule has 4 N–H and O–H groups in total. The monoisotopic (exact) mass is 306 g/mol. The number of hydrogen-bond donors (Lipinski definition) is 3. The van der Waals surface area contributed by atoms with E-state index in [0.717, 1.165) is 12.8 Å². The zero-order valence-corrected chi connectivity index (χ0v) is 12.6. The summed E-state index contributed by atoms with van der Waals surface area (Å²) in [5, 5.41) is 13.6. The van der Waals surface area contributed by atoms with Gasteiger partial charge in [-0.2, -0.15) is 0 Å². The van der Waals surface area contributed by atoms with Crippen molar-refractivity contribution in [2.24, 2.45) is 5.73 Å². The van der Waals surface area contributed by atoms with E-state index >= 15 is 0 Å². The van der Waals surface area contributed by atoms with Crippen LogP contribution in [0.5, 0.6) is 5.75 Å². The SMILES string of the molecule is CCCC(N)CNc1ccnc(-c2cc(Cl)ccc2O)n1. The van der Waals surface area contributed by atoms with Gasteiger partial charge >= 0.3 is 0 Å². The van der Waals surface area contributed by atoms with Crippen molar-refractivity contribution in [3.8, 4) is 17.1 Å². The van der Waals surface area contributed by atoms with Gasteiger partial charge in [-0.3, -0.25) is 0 Å². The lowest BCUT2D eigenvalue weighted by Crippen LogP contribution is -2.29. The van der Waals surface area contributed by atoms with Crippen LogP contribution in [-0.2, 0) is 0 Å². The molecule has 112 valence electrons. The third-order valence-electron chi connectivity index (χ3n) is 3.06. The van der Waals surface area contributed by atoms with Gasteiger partial charge in [-0.05, 0) is 30.7 Å². The van der Waals surface area contributed by atoms with Gasteiger partial charge in [0, 0.05) is 23.8 Å². The summed E-state index contributed by atoms with van der Waals surface area (Å²) >= 11 is 5.95. The minimum absolute atomic E-state index is 0.0907. The van der Waals surface area contributed by atoms with Crippen molar-refractivity contribution in [2.75, 3.05) is 11.9 Å². The maximum Gasteiger partial charge on any atom is 0.165 e. The van der Waals surface area contributed by atoms with E-state index in [-0.39, 0.29) is 11.8 Å². The van der Waals surface area contributed by atoms with Crippen LogP contribution >= 0.6 is 11.6 Å². The maximum atomic E-state index is 9.89. The third kappa shape index (κ3) is 4.31. The summed E-state index contributed by atoms with van der Waals surface area (Å²) in [6, 6.07) is 6.64. The molecule has 21 heavy (non-hydrogen) atoms. The molecule has 0 bridgehead atoms. The highest BCUT2D eigenvalue weighted by Crippen LogP contribution is 2.29. The first-order valence-corrected chi connectivity index (χ1v) is 7.29. The van der Waals surface area contributed by atoms with Crippen LogP contribution in [0, 0.1) is 0 Å². The molecule has 0 aliphatic carbocycles. The predicted molar refractivity (Wildman–Crippen MR) is 85.5 cm³/mol. The molecular formula is C15H19ClN4O. The van der Waals surface area contributed by atoms with Crippen molar-refractivity contribution in [3.63, 3.8) is 0 Å². The molecule has 2 rings (SSSR count). The summed E-state index contributed by atoms with van der Waals surface area (Å²) in [6.45, 7) is 2.75. The number of nitrogens with zero attached hydrogens (tertiary/aromatic N) is 2. The number of halogens is 1. The topological polar surface area (TPSA) is 84.1 Å². The average Bonchev–Trinajstić information content (AvgIpc) is 2.48. The van der Waals surface area contributed by atoms with Crippen molar-refractivity contribution in [1.82, 2.24) is 9.97 Å². The van der Waals surface area contributed by atoms with Gasteiger partial charge in [0.1, 0.15) is 11.6 Å². The summed E-state index contributed by atoms with van der Waals surface area (Å²) in [5.41, 5.74) is 6.47. The molecule has 0 amide bonds. The molecule has 0 radical (unpaired) electrons. The lowest BCUT2D eigenvalue weighted by Gasteiger charge is -2.12. The highest BCUT2D eigenvalue weighted by molar-refractivity contribution is 6.30. The van der Waals surface area contributed by atoms with Crippen LogP contribution in [0.4, 0.5) is 5.82 Å². The molecule has 1 aromatic heterocycles. The number of aromatic hydroxyl groups is 1. The number of rotatable bonds is 6. The van der Waals surface area contributed by atoms with Gasteiger partial charge in [-0.25, -0.2) is 9.97 Å². The average molecular weight is 307 g/mol. The highest BCUT2D eigenvalue weighted by atomic mass is 35.5. The molecule has 1 unspecified atom stereocenters. The van der Waals surface area contributed by atoms with Crippen LogP contribution in [-0.4, -0.2) is 27.7 Å². The first-order valence-electron chi connectivity index (χ1n) is 6.91. The Labute approximate surface area is 129 Å². The molecule has 0 spiro atoms. The molecule has 5 nitrogen and oxygen atoms in total. The van der Waals surface area contributed by atoms with Crippen molar-refractivity contribution in [1.29, 1.82) is 0 Å². The Morgan fingerprint density at radius 1 is 1.38 bits per heavy atom. The largest absolute Gasteiger partial charge is 0.507 e. The summed E-state index contributed by atoms with van der Waals surface area (Å²) < 4.78 is 0. The van der Waals surface area contributed by atoms with E-state index in [1.54, 1.807) is 24.4 Å². The number of phenolic OH excluding ortho intramolecular Hbond substituents is 1. The van der Waals surface area contributed by atoms with Gasteiger partial charge in [-0.1, -0.05) is 24.9 Å². The second kappa shape index (κ2) is 7.24. The number of nitrogens with two attached hydrogens (primary N) is 1. The second-order valence-corrected chi connectivity index (χ2v) is 5.29. The quantitative estimate of drug-likeness (QED) is 0.764. The fourth-order valence-electron chi connectivity index (χ4n) is 1.98. The normalized spacial score (nSPS) is 12.1. The van der Waals surface area contributed by atoms with Gasteiger partial charge in [0.05, 0.1) is 5.56 Å². The first-order chi connectivity index (χ1) is 10.1. The fraction of sp³-hybridized carbons (Fsp3) is 0.333. The molecule has 1 aromatic carbocycles. The van der Waals surface area contributed by atoms with E-state index in [9.17, 15) is 5.11 Å². The molecule has 0 saturated carbocycles. The summed E-state index contributed by atoms with van der Waals surface area (Å²) in [4.78, 5) is 8.55. The van der Waals surface area contributed by atoms with Crippen molar-refractivity contribution < 1.29 is 5.11 Å². The van der Waals surface area contributed by atoms with Crippen LogP contribution in [0.1, 0.15) is 19.8 Å². The van der Waals surface area contributed by atoms with Gasteiger partial charge < -0.3 is 16.2 Å². The fourth-order valence-corrected chi connectivity index (χ4v) is 2.15. The van der Waals surface area contributed by atoms with Crippen LogP contribution in [0.3, 0.4) is 0 Å². The summed E-state index contributed by atoms with van der Waals surface area (Å²) in [5.74, 6) is 1.19. The van der Waals surface area contributed by atoms with E-state index in [4.69, 9.17) is 17.3 Å². The van der Waals surface area contributed by atoms with Gasteiger partial charge in [0.15, 0.2) is 5.82 Å². The Balaban J connectivity index is 2.16. The van der Waals surface area contributed by atoms with E-state index in [1.807, 2.05) is 0 Å². The van der Waals surface area contributed by atoms with Crippen LogP contribution in [0.15, 0.2) is 30.5 Å². The Morgan fingerprint density at radius 2 is 2.19 bits per heavy atom. The molecule has 6 heteroatoms. The lowest BCUT2D eigenvalue weighted by molar-refractivity contribution is 0.477. The van der Waals surface area contributed by atoms with E-state index in [2.05, 4.69) is 22.2 Å². The van der Waals surface area contributed by atoms with Crippen molar-refractivity contribution >= 4 is 17.4 Å². The molecule has 0 aliphatic heterocycles. The van der Waals surface area contributed by atoms with E-state index < -0.39 is 0 Å². The molecule has 0 fully saturated rings. The molecule has 2 aromatic rings. The second-order valence-electron chi connectivity index (χ2n) is 4.86. The van der Waals surface area contributed by atoms with Crippen LogP contribution in [0.2, 0.25) is 5.02 Å². The molecule has 1 heterocycles. The maximum absolute atomic E-state index is 9.89. The minimum Gasteiger partial charge on any atom is -0.507 e. The molecular weight excluding hydrogens is 288 g/mol. The molecule has 1 atom stereocenters. The highest BCUT2D eigenvalue weighted by Gasteiger charge is 2.09. The third-order valence-corrected chi connectivity index (χ3v) is 3.30. The summed E-state index contributed by atoms with van der Waals surface area (Å²) in [7, 11) is 0. The Kier molecular flexibility index (Phi) is 5.36. The van der Waals surface area contributed by atoms with Crippen molar-refractivity contribution in [2.45, 2.75) is 25.8 Å². The Morgan fingerprint density at radius 3 is 2.95 bits per heavy atom. The zero-order chi connectivity index (χ0) is 15.2. The van der Waals surface area contributed by atoms with E-state index in [0.29, 0.717) is 28.8 Å². The van der Waals surface area contributed by atoms with Gasteiger partial charge in [0.2, 0.25) is 0 Å². The molecule has 0 aliphatic rings. The smallest absolute Gasteiger partial charge is 0.165 e. The Hall–Kier alpha value is -1.85.